The van der Waals surface area contributed by atoms with Gasteiger partial charge in [0, 0.05) is 5.02 Å². The molecule has 140 valence electrons. The smallest absolute Gasteiger partial charge is 0.353 e. The Morgan fingerprint density at radius 1 is 1.19 bits per heavy atom. The fourth-order valence-corrected chi connectivity index (χ4v) is 4.69. The van der Waals surface area contributed by atoms with Gasteiger partial charge in [0.15, 0.2) is 5.75 Å². The van der Waals surface area contributed by atoms with Crippen molar-refractivity contribution in [2.75, 3.05) is 4.90 Å². The number of nitrogens with zero attached hydrogens (tertiary/aromatic N) is 1. The number of thiophene rings is 1. The Hall–Kier alpha value is -2.18. The maximum Gasteiger partial charge on any atom is 0.353 e. The van der Waals surface area contributed by atoms with Gasteiger partial charge in [0.1, 0.15) is 4.88 Å². The van der Waals surface area contributed by atoms with Crippen molar-refractivity contribution in [3.8, 4) is 5.75 Å². The van der Waals surface area contributed by atoms with Crippen LogP contribution >= 0.6 is 22.9 Å². The second-order valence-electron chi connectivity index (χ2n) is 7.12. The van der Waals surface area contributed by atoms with Gasteiger partial charge < -0.3 is 4.74 Å². The molecule has 7 heteroatoms. The van der Waals surface area contributed by atoms with Crippen LogP contribution in [0.3, 0.4) is 0 Å². The van der Waals surface area contributed by atoms with E-state index in [0.717, 1.165) is 11.3 Å². The van der Waals surface area contributed by atoms with Crippen molar-refractivity contribution in [3.63, 3.8) is 0 Å². The van der Waals surface area contributed by atoms with Crippen LogP contribution in [0.1, 0.15) is 35.9 Å². The summed E-state index contributed by atoms with van der Waals surface area (Å²) in [7, 11) is 0. The molecule has 2 aromatic rings. The summed E-state index contributed by atoms with van der Waals surface area (Å²) in [4.78, 5) is 39.9. The van der Waals surface area contributed by atoms with Crippen molar-refractivity contribution in [1.82, 2.24) is 0 Å². The van der Waals surface area contributed by atoms with E-state index >= 15 is 0 Å². The first-order chi connectivity index (χ1) is 13.0. The third kappa shape index (κ3) is 3.28. The number of carbonyl (C=O) groups excluding carboxylic acids is 3. The molecule has 1 aromatic carbocycles. The van der Waals surface area contributed by atoms with Gasteiger partial charge in [-0.1, -0.05) is 24.6 Å². The molecule has 2 amide bonds. The lowest BCUT2D eigenvalue weighted by Gasteiger charge is -2.25. The zero-order valence-electron chi connectivity index (χ0n) is 14.7. The highest BCUT2D eigenvalue weighted by molar-refractivity contribution is 7.12. The second-order valence-corrected chi connectivity index (χ2v) is 8.51. The highest BCUT2D eigenvalue weighted by atomic mass is 35.5. The van der Waals surface area contributed by atoms with E-state index in [-0.39, 0.29) is 35.1 Å². The number of amides is 2. The van der Waals surface area contributed by atoms with E-state index in [1.54, 1.807) is 23.6 Å². The fraction of sp³-hybridized carbons (Fsp3) is 0.350. The molecule has 0 spiro atoms. The van der Waals surface area contributed by atoms with Crippen molar-refractivity contribution >= 4 is 46.4 Å². The standard InChI is InChI=1S/C20H18ClNO4S/c1-11-4-6-13-14(9-11)19(24)22(18(13)23)15-10-12(21)5-7-16(15)26-20(25)17-3-2-8-27-17/h2-3,5,7-8,10-11,13-14H,4,6,9H2,1H3/t11-,13-,14+/m1/s1. The first-order valence-corrected chi connectivity index (χ1v) is 10.1. The predicted octanol–water partition coefficient (Wildman–Crippen LogP) is 4.55. The molecule has 1 saturated carbocycles. The average molecular weight is 404 g/mol. The molecular formula is C20H18ClNO4S. The van der Waals surface area contributed by atoms with Crippen molar-refractivity contribution in [2.24, 2.45) is 17.8 Å². The van der Waals surface area contributed by atoms with Gasteiger partial charge >= 0.3 is 5.97 Å². The molecule has 1 saturated heterocycles. The van der Waals surface area contributed by atoms with E-state index in [4.69, 9.17) is 16.3 Å². The number of fused-ring (bicyclic) bond motifs is 1. The van der Waals surface area contributed by atoms with E-state index in [0.29, 0.717) is 28.7 Å². The lowest BCUT2D eigenvalue weighted by molar-refractivity contribution is -0.122. The Kier molecular flexibility index (Phi) is 4.78. The van der Waals surface area contributed by atoms with Crippen LogP contribution < -0.4 is 9.64 Å². The van der Waals surface area contributed by atoms with Crippen LogP contribution in [0.25, 0.3) is 0 Å². The third-order valence-corrected chi connectivity index (χ3v) is 6.36. The summed E-state index contributed by atoms with van der Waals surface area (Å²) in [6, 6.07) is 8.01. The average Bonchev–Trinajstić information content (AvgIpc) is 3.25. The lowest BCUT2D eigenvalue weighted by Crippen LogP contribution is -2.31. The number of halogens is 1. The van der Waals surface area contributed by atoms with Gasteiger partial charge in [-0.2, -0.15) is 0 Å². The highest BCUT2D eigenvalue weighted by Gasteiger charge is 2.50. The van der Waals surface area contributed by atoms with Crippen molar-refractivity contribution in [1.29, 1.82) is 0 Å². The molecule has 27 heavy (non-hydrogen) atoms. The van der Waals surface area contributed by atoms with Gasteiger partial charge in [0.2, 0.25) is 11.8 Å². The minimum absolute atomic E-state index is 0.159. The summed E-state index contributed by atoms with van der Waals surface area (Å²) in [6.07, 6.45) is 2.35. The number of rotatable bonds is 3. The monoisotopic (exact) mass is 403 g/mol. The van der Waals surface area contributed by atoms with Crippen LogP contribution in [0, 0.1) is 17.8 Å². The molecule has 0 radical (unpaired) electrons. The SMILES string of the molecule is C[C@@H]1CC[C@H]2C(=O)N(c3cc(Cl)ccc3OC(=O)c3cccs3)C(=O)[C@H]2C1. The van der Waals surface area contributed by atoms with Gasteiger partial charge in [0.25, 0.3) is 0 Å². The van der Waals surface area contributed by atoms with Gasteiger partial charge in [-0.05, 0) is 54.8 Å². The molecule has 0 unspecified atom stereocenters. The number of anilines is 1. The molecule has 1 aliphatic heterocycles. The van der Waals surface area contributed by atoms with E-state index in [1.807, 2.05) is 0 Å². The largest absolute Gasteiger partial charge is 0.420 e. The molecule has 5 nitrogen and oxygen atoms in total. The number of hydrogen-bond donors (Lipinski definition) is 0. The quantitative estimate of drug-likeness (QED) is 0.428. The van der Waals surface area contributed by atoms with Crippen LogP contribution in [0.2, 0.25) is 5.02 Å². The summed E-state index contributed by atoms with van der Waals surface area (Å²) in [5.74, 6) is -1.02. The van der Waals surface area contributed by atoms with E-state index in [9.17, 15) is 14.4 Å². The summed E-state index contributed by atoms with van der Waals surface area (Å²) in [5, 5.41) is 2.14. The molecule has 0 N–H and O–H groups in total. The molecule has 2 fully saturated rings. The molecular weight excluding hydrogens is 386 g/mol. The van der Waals surface area contributed by atoms with Crippen molar-refractivity contribution in [2.45, 2.75) is 26.2 Å². The zero-order valence-corrected chi connectivity index (χ0v) is 16.3. The summed E-state index contributed by atoms with van der Waals surface area (Å²) in [6.45, 7) is 2.10. The summed E-state index contributed by atoms with van der Waals surface area (Å²) in [5.41, 5.74) is 0.240. The molecule has 3 atom stereocenters. The Balaban J connectivity index is 1.69. The topological polar surface area (TPSA) is 63.7 Å². The molecule has 2 heterocycles. The predicted molar refractivity (Wildman–Crippen MR) is 103 cm³/mol. The normalized spacial score (nSPS) is 24.8. The Bertz CT molecular complexity index is 911. The summed E-state index contributed by atoms with van der Waals surface area (Å²) < 4.78 is 5.50. The second kappa shape index (κ2) is 7.09. The van der Waals surface area contributed by atoms with Crippen molar-refractivity contribution < 1.29 is 19.1 Å². The number of ether oxygens (including phenoxy) is 1. The van der Waals surface area contributed by atoms with Crippen LogP contribution in [0.5, 0.6) is 5.75 Å². The van der Waals surface area contributed by atoms with Gasteiger partial charge in [0.05, 0.1) is 17.5 Å². The molecule has 0 bridgehead atoms. The van der Waals surface area contributed by atoms with Gasteiger partial charge in [-0.3, -0.25) is 9.59 Å². The summed E-state index contributed by atoms with van der Waals surface area (Å²) >= 11 is 7.38. The fourth-order valence-electron chi connectivity index (χ4n) is 3.92. The van der Waals surface area contributed by atoms with Crippen LogP contribution in [0.15, 0.2) is 35.7 Å². The number of benzene rings is 1. The minimum atomic E-state index is -0.529. The Labute approximate surface area is 165 Å². The number of imide groups is 1. The van der Waals surface area contributed by atoms with E-state index in [1.165, 1.54) is 23.5 Å². The van der Waals surface area contributed by atoms with Gasteiger partial charge in [-0.15, -0.1) is 11.3 Å². The molecule has 1 aliphatic carbocycles. The van der Waals surface area contributed by atoms with E-state index in [2.05, 4.69) is 6.92 Å². The van der Waals surface area contributed by atoms with Gasteiger partial charge in [-0.25, -0.2) is 9.69 Å². The first-order valence-electron chi connectivity index (χ1n) is 8.88. The Morgan fingerprint density at radius 3 is 2.70 bits per heavy atom. The van der Waals surface area contributed by atoms with E-state index < -0.39 is 5.97 Å². The first kappa shape index (κ1) is 18.2. The maximum atomic E-state index is 13.0. The third-order valence-electron chi connectivity index (χ3n) is 5.27. The minimum Gasteiger partial charge on any atom is -0.420 e. The molecule has 2 aliphatic rings. The van der Waals surface area contributed by atoms with Crippen LogP contribution in [-0.2, 0) is 9.59 Å². The lowest BCUT2D eigenvalue weighted by atomic mass is 9.76. The molecule has 1 aromatic heterocycles. The van der Waals surface area contributed by atoms with Crippen LogP contribution in [0.4, 0.5) is 5.69 Å². The Morgan fingerprint density at radius 2 is 1.96 bits per heavy atom. The highest BCUT2D eigenvalue weighted by Crippen LogP contribution is 2.44. The van der Waals surface area contributed by atoms with Crippen molar-refractivity contribution in [3.05, 3.63) is 45.6 Å². The maximum absolute atomic E-state index is 13.0. The number of hydrogen-bond acceptors (Lipinski definition) is 5. The van der Waals surface area contributed by atoms with Crippen LogP contribution in [-0.4, -0.2) is 17.8 Å². The number of carbonyl (C=O) groups is 3. The molecule has 4 rings (SSSR count). The zero-order chi connectivity index (χ0) is 19.1. The number of esters is 1.